The molecule has 1 aliphatic rings. The fraction of sp³-hybridized carbons (Fsp3) is 0.263. The highest BCUT2D eigenvalue weighted by Crippen LogP contribution is 2.23. The van der Waals surface area contributed by atoms with Gasteiger partial charge in [0, 0.05) is 30.9 Å². The molecule has 1 fully saturated rings. The van der Waals surface area contributed by atoms with E-state index in [1.165, 1.54) is 24.3 Å². The maximum Gasteiger partial charge on any atom is 0.255 e. The van der Waals surface area contributed by atoms with Crippen LogP contribution in [0.5, 0.6) is 0 Å². The Morgan fingerprint density at radius 2 is 1.85 bits per heavy atom. The second kappa shape index (κ2) is 8.29. The Morgan fingerprint density at radius 1 is 1.08 bits per heavy atom. The van der Waals surface area contributed by atoms with Crippen molar-refractivity contribution in [2.45, 2.75) is 6.42 Å². The number of benzene rings is 2. The molecule has 7 heteroatoms. The van der Waals surface area contributed by atoms with Gasteiger partial charge in [0.25, 0.3) is 11.8 Å². The molecule has 2 N–H and O–H groups in total. The molecule has 0 saturated carbocycles. The van der Waals surface area contributed by atoms with Crippen molar-refractivity contribution in [2.75, 3.05) is 31.5 Å². The van der Waals surface area contributed by atoms with Crippen LogP contribution in [-0.4, -0.2) is 42.9 Å². The molecule has 0 unspecified atom stereocenters. The van der Waals surface area contributed by atoms with E-state index in [1.54, 1.807) is 23.1 Å². The number of halogens is 2. The first-order valence-electron chi connectivity index (χ1n) is 8.41. The molecule has 0 bridgehead atoms. The van der Waals surface area contributed by atoms with Gasteiger partial charge in [-0.25, -0.2) is 4.39 Å². The minimum Gasteiger partial charge on any atom is -0.337 e. The van der Waals surface area contributed by atoms with E-state index in [0.29, 0.717) is 29.9 Å². The van der Waals surface area contributed by atoms with Crippen LogP contribution in [-0.2, 0) is 0 Å². The molecule has 0 aliphatic carbocycles. The van der Waals surface area contributed by atoms with Gasteiger partial charge in [-0.3, -0.25) is 9.59 Å². The Balaban J connectivity index is 1.71. The van der Waals surface area contributed by atoms with Crippen molar-refractivity contribution in [1.29, 1.82) is 0 Å². The van der Waals surface area contributed by atoms with Crippen molar-refractivity contribution >= 4 is 29.1 Å². The molecular weight excluding hydrogens is 357 g/mol. The van der Waals surface area contributed by atoms with Crippen LogP contribution in [0.25, 0.3) is 0 Å². The Morgan fingerprint density at radius 3 is 2.58 bits per heavy atom. The van der Waals surface area contributed by atoms with Crippen LogP contribution in [0, 0.1) is 5.82 Å². The van der Waals surface area contributed by atoms with Gasteiger partial charge in [-0.15, -0.1) is 0 Å². The number of rotatable bonds is 3. The zero-order valence-electron chi connectivity index (χ0n) is 14.1. The maximum absolute atomic E-state index is 12.9. The highest BCUT2D eigenvalue weighted by molar-refractivity contribution is 6.34. The fourth-order valence-electron chi connectivity index (χ4n) is 2.79. The van der Waals surface area contributed by atoms with E-state index in [2.05, 4.69) is 10.6 Å². The summed E-state index contributed by atoms with van der Waals surface area (Å²) in [6.07, 6.45) is 0.898. The SMILES string of the molecule is O=C(Nc1ccc(C(=O)N2CCCNCC2)c(Cl)c1)c1ccc(F)cc1. The molecule has 26 heavy (non-hydrogen) atoms. The smallest absolute Gasteiger partial charge is 0.255 e. The number of anilines is 1. The van der Waals surface area contributed by atoms with Crippen LogP contribution in [0.1, 0.15) is 27.1 Å². The molecule has 1 aliphatic heterocycles. The van der Waals surface area contributed by atoms with E-state index < -0.39 is 5.82 Å². The topological polar surface area (TPSA) is 61.4 Å². The van der Waals surface area contributed by atoms with E-state index in [1.807, 2.05) is 0 Å². The maximum atomic E-state index is 12.9. The van der Waals surface area contributed by atoms with Gasteiger partial charge in [-0.05, 0) is 55.4 Å². The first-order valence-corrected chi connectivity index (χ1v) is 8.79. The predicted octanol–water partition coefficient (Wildman–Crippen LogP) is 3.17. The van der Waals surface area contributed by atoms with E-state index in [-0.39, 0.29) is 16.8 Å². The number of hydrogen-bond acceptors (Lipinski definition) is 3. The van der Waals surface area contributed by atoms with Gasteiger partial charge >= 0.3 is 0 Å². The van der Waals surface area contributed by atoms with E-state index in [9.17, 15) is 14.0 Å². The summed E-state index contributed by atoms with van der Waals surface area (Å²) in [5.74, 6) is -0.898. The molecule has 2 aromatic rings. The Labute approximate surface area is 156 Å². The van der Waals surface area contributed by atoms with Crippen molar-refractivity contribution in [3.05, 3.63) is 64.4 Å². The van der Waals surface area contributed by atoms with Crippen molar-refractivity contribution in [2.24, 2.45) is 0 Å². The molecule has 136 valence electrons. The molecule has 2 amide bonds. The van der Waals surface area contributed by atoms with Crippen molar-refractivity contribution in [3.63, 3.8) is 0 Å². The lowest BCUT2D eigenvalue weighted by Crippen LogP contribution is -2.34. The third kappa shape index (κ3) is 4.39. The van der Waals surface area contributed by atoms with E-state index in [4.69, 9.17) is 11.6 Å². The zero-order chi connectivity index (χ0) is 18.5. The average molecular weight is 376 g/mol. The largest absolute Gasteiger partial charge is 0.337 e. The molecule has 0 radical (unpaired) electrons. The minimum atomic E-state index is -0.406. The van der Waals surface area contributed by atoms with E-state index >= 15 is 0 Å². The molecule has 5 nitrogen and oxygen atoms in total. The summed E-state index contributed by atoms with van der Waals surface area (Å²) in [4.78, 5) is 26.6. The van der Waals surface area contributed by atoms with Crippen LogP contribution >= 0.6 is 11.6 Å². The lowest BCUT2D eigenvalue weighted by Gasteiger charge is -2.20. The summed E-state index contributed by atoms with van der Waals surface area (Å²) in [5.41, 5.74) is 1.21. The molecule has 0 atom stereocenters. The molecule has 2 aromatic carbocycles. The van der Waals surface area contributed by atoms with Crippen LogP contribution in [0.4, 0.5) is 10.1 Å². The normalized spacial score (nSPS) is 14.6. The summed E-state index contributed by atoms with van der Waals surface area (Å²) >= 11 is 6.27. The Kier molecular flexibility index (Phi) is 5.85. The lowest BCUT2D eigenvalue weighted by atomic mass is 10.1. The first kappa shape index (κ1) is 18.4. The summed E-state index contributed by atoms with van der Waals surface area (Å²) in [6.45, 7) is 2.98. The van der Waals surface area contributed by atoms with Crippen LogP contribution in [0.15, 0.2) is 42.5 Å². The quantitative estimate of drug-likeness (QED) is 0.866. The summed E-state index contributed by atoms with van der Waals surface area (Å²) in [6, 6.07) is 10.0. The summed E-state index contributed by atoms with van der Waals surface area (Å²) < 4.78 is 12.9. The monoisotopic (exact) mass is 375 g/mol. The standard InChI is InChI=1S/C19H19ClFN3O2/c20-17-12-15(23-18(25)13-2-4-14(21)5-3-13)6-7-16(17)19(26)24-10-1-8-22-9-11-24/h2-7,12,22H,1,8-11H2,(H,23,25). The van der Waals surface area contributed by atoms with Gasteiger partial charge < -0.3 is 15.5 Å². The highest BCUT2D eigenvalue weighted by atomic mass is 35.5. The number of carbonyl (C=O) groups excluding carboxylic acids is 2. The number of amides is 2. The average Bonchev–Trinajstić information content (AvgIpc) is 2.91. The number of carbonyl (C=O) groups is 2. The molecular formula is C19H19ClFN3O2. The van der Waals surface area contributed by atoms with Crippen LogP contribution in [0.3, 0.4) is 0 Å². The summed E-state index contributed by atoms with van der Waals surface area (Å²) in [7, 11) is 0. The third-order valence-corrected chi connectivity index (χ3v) is 4.50. The second-order valence-electron chi connectivity index (χ2n) is 6.05. The van der Waals surface area contributed by atoms with Crippen molar-refractivity contribution in [3.8, 4) is 0 Å². The Bertz CT molecular complexity index is 803. The molecule has 0 spiro atoms. The highest BCUT2D eigenvalue weighted by Gasteiger charge is 2.20. The van der Waals surface area contributed by atoms with E-state index in [0.717, 1.165) is 19.5 Å². The van der Waals surface area contributed by atoms with Gasteiger partial charge in [-0.2, -0.15) is 0 Å². The predicted molar refractivity (Wildman–Crippen MR) is 99.2 cm³/mol. The van der Waals surface area contributed by atoms with Gasteiger partial charge in [0.15, 0.2) is 0 Å². The number of hydrogen-bond donors (Lipinski definition) is 2. The molecule has 1 saturated heterocycles. The number of nitrogens with one attached hydrogen (secondary N) is 2. The fourth-order valence-corrected chi connectivity index (χ4v) is 3.05. The van der Waals surface area contributed by atoms with Crippen LogP contribution in [0.2, 0.25) is 5.02 Å². The van der Waals surface area contributed by atoms with Crippen molar-refractivity contribution in [1.82, 2.24) is 10.2 Å². The Hall–Kier alpha value is -2.44. The summed E-state index contributed by atoms with van der Waals surface area (Å²) in [5, 5.41) is 6.23. The van der Waals surface area contributed by atoms with Gasteiger partial charge in [0.05, 0.1) is 10.6 Å². The second-order valence-corrected chi connectivity index (χ2v) is 6.46. The first-order chi connectivity index (χ1) is 12.5. The molecule has 1 heterocycles. The zero-order valence-corrected chi connectivity index (χ0v) is 14.9. The van der Waals surface area contributed by atoms with Gasteiger partial charge in [0.1, 0.15) is 5.82 Å². The minimum absolute atomic E-state index is 0.116. The lowest BCUT2D eigenvalue weighted by molar-refractivity contribution is 0.0766. The van der Waals surface area contributed by atoms with Crippen LogP contribution < -0.4 is 10.6 Å². The third-order valence-electron chi connectivity index (χ3n) is 4.19. The number of nitrogens with zero attached hydrogens (tertiary/aromatic N) is 1. The van der Waals surface area contributed by atoms with Gasteiger partial charge in [0.2, 0.25) is 0 Å². The molecule has 3 rings (SSSR count). The van der Waals surface area contributed by atoms with Crippen molar-refractivity contribution < 1.29 is 14.0 Å². The van der Waals surface area contributed by atoms with Gasteiger partial charge in [-0.1, -0.05) is 11.6 Å². The molecule has 0 aromatic heterocycles.